The van der Waals surface area contributed by atoms with Gasteiger partial charge in [-0.25, -0.2) is 18.7 Å². The van der Waals surface area contributed by atoms with Crippen LogP contribution in [-0.4, -0.2) is 19.5 Å². The number of aromatic nitrogens is 4. The van der Waals surface area contributed by atoms with E-state index >= 15 is 0 Å². The Morgan fingerprint density at radius 2 is 1.62 bits per heavy atom. The van der Waals surface area contributed by atoms with Crippen LogP contribution in [0.2, 0.25) is 0 Å². The van der Waals surface area contributed by atoms with E-state index in [1.54, 1.807) is 18.6 Å². The van der Waals surface area contributed by atoms with Crippen molar-refractivity contribution in [2.45, 2.75) is 30.3 Å². The number of thioether (sulfide) groups is 1. The normalized spacial score (nSPS) is 10.9. The monoisotopic (exact) mass is 450 g/mol. The molecular formula is C24H20F2N4OS. The molecule has 0 aliphatic rings. The van der Waals surface area contributed by atoms with Crippen LogP contribution in [0.4, 0.5) is 8.78 Å². The summed E-state index contributed by atoms with van der Waals surface area (Å²) in [5.74, 6) is -0.968. The van der Waals surface area contributed by atoms with Crippen LogP contribution in [0.25, 0.3) is 0 Å². The van der Waals surface area contributed by atoms with Gasteiger partial charge in [-0.1, -0.05) is 42.1 Å². The zero-order valence-electron chi connectivity index (χ0n) is 17.1. The molecule has 0 saturated carbocycles. The standard InChI is InChI=1S/C24H20F2N4OS/c25-21-9-18(10-22(26)11-21)15-32-24-29-23(31)20(8-19-12-27-16-28-13-19)14-30(24)7-6-17-4-2-1-3-5-17/h1-5,9-14,16H,6-8,15H2. The third-order valence-corrected chi connectivity index (χ3v) is 5.87. The van der Waals surface area contributed by atoms with Crippen molar-refractivity contribution in [2.75, 3.05) is 0 Å². The van der Waals surface area contributed by atoms with E-state index in [-0.39, 0.29) is 5.56 Å². The maximum Gasteiger partial charge on any atom is 0.277 e. The van der Waals surface area contributed by atoms with Crippen LogP contribution < -0.4 is 5.56 Å². The summed E-state index contributed by atoms with van der Waals surface area (Å²) in [7, 11) is 0. The van der Waals surface area contributed by atoms with E-state index in [4.69, 9.17) is 0 Å². The minimum atomic E-state index is -0.629. The number of benzene rings is 2. The Morgan fingerprint density at radius 1 is 0.906 bits per heavy atom. The van der Waals surface area contributed by atoms with Gasteiger partial charge in [0.15, 0.2) is 5.16 Å². The first-order chi connectivity index (χ1) is 15.6. The second kappa shape index (κ2) is 10.3. The number of hydrogen-bond acceptors (Lipinski definition) is 5. The van der Waals surface area contributed by atoms with E-state index in [0.29, 0.717) is 35.0 Å². The molecule has 0 N–H and O–H groups in total. The van der Waals surface area contributed by atoms with Crippen molar-refractivity contribution in [3.8, 4) is 0 Å². The van der Waals surface area contributed by atoms with E-state index in [0.717, 1.165) is 23.6 Å². The van der Waals surface area contributed by atoms with E-state index in [9.17, 15) is 13.6 Å². The molecule has 5 nitrogen and oxygen atoms in total. The Labute approximate surface area is 188 Å². The molecule has 4 rings (SSSR count). The lowest BCUT2D eigenvalue weighted by atomic mass is 10.1. The van der Waals surface area contributed by atoms with Crippen molar-refractivity contribution in [2.24, 2.45) is 0 Å². The van der Waals surface area contributed by atoms with Gasteiger partial charge in [0.2, 0.25) is 0 Å². The Balaban J connectivity index is 1.60. The molecule has 0 aliphatic heterocycles. The van der Waals surface area contributed by atoms with E-state index < -0.39 is 11.6 Å². The molecular weight excluding hydrogens is 430 g/mol. The van der Waals surface area contributed by atoms with Crippen LogP contribution >= 0.6 is 11.8 Å². The second-order valence-electron chi connectivity index (χ2n) is 7.27. The summed E-state index contributed by atoms with van der Waals surface area (Å²) >= 11 is 1.28. The summed E-state index contributed by atoms with van der Waals surface area (Å²) < 4.78 is 29.0. The molecule has 2 aromatic heterocycles. The highest BCUT2D eigenvalue weighted by Crippen LogP contribution is 2.22. The molecule has 2 aromatic carbocycles. The number of rotatable bonds is 8. The average molecular weight is 451 g/mol. The average Bonchev–Trinajstić information content (AvgIpc) is 2.79. The Morgan fingerprint density at radius 3 is 2.34 bits per heavy atom. The molecule has 4 aromatic rings. The molecule has 0 atom stereocenters. The third kappa shape index (κ3) is 5.85. The fraction of sp³-hybridized carbons (Fsp3) is 0.167. The van der Waals surface area contributed by atoms with Crippen LogP contribution in [-0.2, 0) is 25.1 Å². The summed E-state index contributed by atoms with van der Waals surface area (Å²) in [6, 6.07) is 13.4. The molecule has 8 heteroatoms. The first-order valence-electron chi connectivity index (χ1n) is 10.0. The van der Waals surface area contributed by atoms with Gasteiger partial charge >= 0.3 is 0 Å². The van der Waals surface area contributed by atoms with Gasteiger partial charge in [-0.05, 0) is 35.2 Å². The molecule has 0 unspecified atom stereocenters. The van der Waals surface area contributed by atoms with Gasteiger partial charge in [0, 0.05) is 48.9 Å². The summed E-state index contributed by atoms with van der Waals surface area (Å²) in [5, 5.41) is 0.503. The Bertz CT molecular complexity index is 1230. The topological polar surface area (TPSA) is 60.7 Å². The summed E-state index contributed by atoms with van der Waals surface area (Å²) in [5.41, 5.74) is 2.66. The molecule has 0 fully saturated rings. The highest BCUT2D eigenvalue weighted by molar-refractivity contribution is 7.98. The summed E-state index contributed by atoms with van der Waals surface area (Å²) in [4.78, 5) is 25.0. The van der Waals surface area contributed by atoms with Crippen LogP contribution in [0.15, 0.2) is 83.4 Å². The zero-order chi connectivity index (χ0) is 22.3. The minimum Gasteiger partial charge on any atom is -0.327 e. The molecule has 162 valence electrons. The van der Waals surface area contributed by atoms with Gasteiger partial charge in [-0.3, -0.25) is 4.79 Å². The van der Waals surface area contributed by atoms with Crippen molar-refractivity contribution in [1.29, 1.82) is 0 Å². The van der Waals surface area contributed by atoms with Crippen molar-refractivity contribution in [3.05, 3.63) is 118 Å². The van der Waals surface area contributed by atoms with Crippen LogP contribution in [0.5, 0.6) is 0 Å². The van der Waals surface area contributed by atoms with Crippen LogP contribution in [0.1, 0.15) is 22.3 Å². The molecule has 0 aliphatic carbocycles. The first-order valence-corrected chi connectivity index (χ1v) is 11.0. The van der Waals surface area contributed by atoms with Gasteiger partial charge in [-0.15, -0.1) is 0 Å². The lowest BCUT2D eigenvalue weighted by Crippen LogP contribution is -2.20. The van der Waals surface area contributed by atoms with Crippen molar-refractivity contribution in [3.63, 3.8) is 0 Å². The summed E-state index contributed by atoms with van der Waals surface area (Å²) in [6.45, 7) is 0.607. The molecule has 32 heavy (non-hydrogen) atoms. The number of aryl methyl sites for hydroxylation is 2. The highest BCUT2D eigenvalue weighted by Gasteiger charge is 2.12. The SMILES string of the molecule is O=c1nc(SCc2cc(F)cc(F)c2)n(CCc2ccccc2)cc1Cc1cncnc1. The number of nitrogens with zero attached hydrogens (tertiary/aromatic N) is 4. The first kappa shape index (κ1) is 21.8. The predicted octanol–water partition coefficient (Wildman–Crippen LogP) is 4.44. The smallest absolute Gasteiger partial charge is 0.277 e. The fourth-order valence-corrected chi connectivity index (χ4v) is 4.22. The second-order valence-corrected chi connectivity index (χ2v) is 8.22. The van der Waals surface area contributed by atoms with Gasteiger partial charge in [0.25, 0.3) is 5.56 Å². The highest BCUT2D eigenvalue weighted by atomic mass is 32.2. The lowest BCUT2D eigenvalue weighted by molar-refractivity contribution is 0.581. The van der Waals surface area contributed by atoms with E-state index in [2.05, 4.69) is 15.0 Å². The van der Waals surface area contributed by atoms with Crippen LogP contribution in [0.3, 0.4) is 0 Å². The van der Waals surface area contributed by atoms with Crippen molar-refractivity contribution in [1.82, 2.24) is 19.5 Å². The maximum atomic E-state index is 13.5. The molecule has 0 spiro atoms. The number of hydrogen-bond donors (Lipinski definition) is 0. The van der Waals surface area contributed by atoms with Gasteiger partial charge in [0.1, 0.15) is 18.0 Å². The summed E-state index contributed by atoms with van der Waals surface area (Å²) in [6.07, 6.45) is 7.71. The van der Waals surface area contributed by atoms with Gasteiger partial charge in [-0.2, -0.15) is 4.98 Å². The molecule has 0 saturated heterocycles. The maximum absolute atomic E-state index is 13.5. The predicted molar refractivity (Wildman–Crippen MR) is 119 cm³/mol. The van der Waals surface area contributed by atoms with E-state index in [1.807, 2.05) is 34.9 Å². The fourth-order valence-electron chi connectivity index (χ4n) is 3.30. The molecule has 0 bridgehead atoms. The molecule has 0 amide bonds. The Hall–Kier alpha value is -3.39. The minimum absolute atomic E-state index is 0.290. The van der Waals surface area contributed by atoms with Crippen molar-refractivity contribution >= 4 is 11.8 Å². The third-order valence-electron chi connectivity index (χ3n) is 4.81. The van der Waals surface area contributed by atoms with Crippen LogP contribution in [0, 0.1) is 11.6 Å². The lowest BCUT2D eigenvalue weighted by Gasteiger charge is -2.14. The molecule has 2 heterocycles. The quantitative estimate of drug-likeness (QED) is 0.293. The van der Waals surface area contributed by atoms with Gasteiger partial charge in [0.05, 0.1) is 0 Å². The van der Waals surface area contributed by atoms with E-state index in [1.165, 1.54) is 30.2 Å². The zero-order valence-corrected chi connectivity index (χ0v) is 17.9. The number of halogens is 2. The molecule has 0 radical (unpaired) electrons. The van der Waals surface area contributed by atoms with Gasteiger partial charge < -0.3 is 4.57 Å². The largest absolute Gasteiger partial charge is 0.327 e. The Kier molecular flexibility index (Phi) is 7.01. The van der Waals surface area contributed by atoms with Crippen molar-refractivity contribution < 1.29 is 8.78 Å².